The third kappa shape index (κ3) is 2.41. The van der Waals surface area contributed by atoms with Crippen molar-refractivity contribution in [3.8, 4) is 0 Å². The van der Waals surface area contributed by atoms with Crippen LogP contribution in [0.25, 0.3) is 0 Å². The van der Waals surface area contributed by atoms with Crippen LogP contribution in [0, 0.1) is 5.41 Å². The van der Waals surface area contributed by atoms with Crippen molar-refractivity contribution in [1.29, 1.82) is 0 Å². The molecule has 0 aliphatic heterocycles. The fraction of sp³-hybridized carbons (Fsp3) is 0.714. The molecule has 8 heavy (non-hydrogen) atoms. The molecule has 0 spiro atoms. The van der Waals surface area contributed by atoms with E-state index in [1.807, 2.05) is 0 Å². The molecule has 48 valence electrons. The first kappa shape index (κ1) is 8.09. The van der Waals surface area contributed by atoms with Crippen LogP contribution in [0.15, 0.2) is 11.5 Å². The minimum absolute atomic E-state index is 0.277. The van der Waals surface area contributed by atoms with Gasteiger partial charge in [0.2, 0.25) is 0 Å². The van der Waals surface area contributed by atoms with Gasteiger partial charge < -0.3 is 0 Å². The molecule has 0 aliphatic carbocycles. The zero-order valence-corrected chi connectivity index (χ0v) is 6.93. The summed E-state index contributed by atoms with van der Waals surface area (Å²) in [7, 11) is 0. The van der Waals surface area contributed by atoms with Gasteiger partial charge in [-0.1, -0.05) is 27.4 Å². The number of thioether (sulfide) groups is 1. The predicted molar refractivity (Wildman–Crippen MR) is 42.1 cm³/mol. The van der Waals surface area contributed by atoms with Crippen molar-refractivity contribution in [2.45, 2.75) is 20.8 Å². The van der Waals surface area contributed by atoms with Gasteiger partial charge in [0.15, 0.2) is 0 Å². The molecule has 0 amide bonds. The van der Waals surface area contributed by atoms with E-state index in [2.05, 4.69) is 33.6 Å². The number of rotatable bonds is 1. The zero-order chi connectivity index (χ0) is 6.78. The Morgan fingerprint density at radius 2 is 1.75 bits per heavy atom. The third-order valence-electron chi connectivity index (χ3n) is 1.08. The van der Waals surface area contributed by atoms with Gasteiger partial charge in [-0.2, -0.15) is 0 Å². The highest BCUT2D eigenvalue weighted by atomic mass is 32.2. The molecule has 0 aromatic heterocycles. The Bertz CT molecular complexity index is 87.1. The van der Waals surface area contributed by atoms with Crippen LogP contribution in [0.4, 0.5) is 0 Å². The summed E-state index contributed by atoms with van der Waals surface area (Å²) in [6.07, 6.45) is 2.06. The van der Waals surface area contributed by atoms with Crippen LogP contribution in [-0.4, -0.2) is 6.26 Å². The molecule has 0 saturated heterocycles. The summed E-state index contributed by atoms with van der Waals surface area (Å²) < 4.78 is 0. The van der Waals surface area contributed by atoms with Crippen LogP contribution in [0.2, 0.25) is 0 Å². The standard InChI is InChI=1S/C7H14S/c1-6(8-5)7(2,3)4/h1H2,2-5H3. The van der Waals surface area contributed by atoms with Gasteiger partial charge in [0.1, 0.15) is 0 Å². The first-order valence-electron chi connectivity index (χ1n) is 2.72. The SMILES string of the molecule is C=C(SC)C(C)(C)C. The van der Waals surface area contributed by atoms with Crippen LogP contribution < -0.4 is 0 Å². The van der Waals surface area contributed by atoms with Crippen molar-refractivity contribution in [2.24, 2.45) is 5.41 Å². The molecule has 0 aromatic carbocycles. The topological polar surface area (TPSA) is 0 Å². The van der Waals surface area contributed by atoms with Gasteiger partial charge in [-0.3, -0.25) is 0 Å². The minimum Gasteiger partial charge on any atom is -0.134 e. The van der Waals surface area contributed by atoms with Gasteiger partial charge in [0.05, 0.1) is 0 Å². The molecular formula is C7H14S. The second-order valence-electron chi connectivity index (χ2n) is 2.88. The van der Waals surface area contributed by atoms with Crippen LogP contribution in [0.1, 0.15) is 20.8 Å². The van der Waals surface area contributed by atoms with Gasteiger partial charge in [-0.05, 0) is 16.6 Å². The highest BCUT2D eigenvalue weighted by molar-refractivity contribution is 8.02. The molecule has 0 nitrogen and oxygen atoms in total. The van der Waals surface area contributed by atoms with E-state index in [0.717, 1.165) is 0 Å². The molecule has 0 rings (SSSR count). The largest absolute Gasteiger partial charge is 0.134 e. The molecule has 0 unspecified atom stereocenters. The van der Waals surface area contributed by atoms with Crippen molar-refractivity contribution in [3.63, 3.8) is 0 Å². The monoisotopic (exact) mass is 130 g/mol. The smallest absolute Gasteiger partial charge is 0.00780 e. The minimum atomic E-state index is 0.277. The first-order chi connectivity index (χ1) is 3.48. The van der Waals surface area contributed by atoms with E-state index >= 15 is 0 Å². The maximum atomic E-state index is 3.91. The van der Waals surface area contributed by atoms with Crippen molar-refractivity contribution >= 4 is 11.8 Å². The summed E-state index contributed by atoms with van der Waals surface area (Å²) in [6, 6.07) is 0. The average molecular weight is 130 g/mol. The normalized spacial score (nSPS) is 11.5. The fourth-order valence-electron chi connectivity index (χ4n) is 0.306. The number of hydrogen-bond acceptors (Lipinski definition) is 1. The Balaban J connectivity index is 3.82. The molecule has 0 heterocycles. The lowest BCUT2D eigenvalue weighted by Gasteiger charge is -2.18. The summed E-state index contributed by atoms with van der Waals surface area (Å²) in [5.41, 5.74) is 0.277. The Labute approximate surface area is 56.4 Å². The number of allylic oxidation sites excluding steroid dienone is 1. The first-order valence-corrected chi connectivity index (χ1v) is 3.94. The average Bonchev–Trinajstić information content (AvgIpc) is 1.62. The lowest BCUT2D eigenvalue weighted by atomic mass is 9.97. The van der Waals surface area contributed by atoms with Gasteiger partial charge >= 0.3 is 0 Å². The summed E-state index contributed by atoms with van der Waals surface area (Å²) in [6.45, 7) is 10.4. The highest BCUT2D eigenvalue weighted by Gasteiger charge is 2.12. The van der Waals surface area contributed by atoms with Crippen molar-refractivity contribution in [3.05, 3.63) is 11.5 Å². The van der Waals surface area contributed by atoms with Crippen LogP contribution >= 0.6 is 11.8 Å². The van der Waals surface area contributed by atoms with Crippen LogP contribution in [-0.2, 0) is 0 Å². The molecule has 1 heteroatoms. The van der Waals surface area contributed by atoms with Gasteiger partial charge in [0, 0.05) is 0 Å². The molecule has 0 aliphatic rings. The zero-order valence-electron chi connectivity index (χ0n) is 6.12. The van der Waals surface area contributed by atoms with Gasteiger partial charge in [-0.25, -0.2) is 0 Å². The van der Waals surface area contributed by atoms with E-state index < -0.39 is 0 Å². The third-order valence-corrected chi connectivity index (χ3v) is 2.19. The second-order valence-corrected chi connectivity index (χ2v) is 3.78. The highest BCUT2D eigenvalue weighted by Crippen LogP contribution is 2.30. The predicted octanol–water partition coefficient (Wildman–Crippen LogP) is 2.91. The van der Waals surface area contributed by atoms with Crippen molar-refractivity contribution in [2.75, 3.05) is 6.26 Å². The van der Waals surface area contributed by atoms with E-state index in [9.17, 15) is 0 Å². The number of hydrogen-bond donors (Lipinski definition) is 0. The van der Waals surface area contributed by atoms with E-state index in [-0.39, 0.29) is 5.41 Å². The molecule has 0 aromatic rings. The lowest BCUT2D eigenvalue weighted by molar-refractivity contribution is 0.535. The molecule has 0 atom stereocenters. The molecule has 0 fully saturated rings. The molecule has 0 N–H and O–H groups in total. The Hall–Kier alpha value is 0.0900. The Kier molecular flexibility index (Phi) is 2.61. The summed E-state index contributed by atoms with van der Waals surface area (Å²) in [5.74, 6) is 0. The molecular weight excluding hydrogens is 116 g/mol. The van der Waals surface area contributed by atoms with Gasteiger partial charge in [-0.15, -0.1) is 11.8 Å². The molecule has 0 bridgehead atoms. The Morgan fingerprint density at radius 1 is 1.38 bits per heavy atom. The van der Waals surface area contributed by atoms with Crippen LogP contribution in [0.5, 0.6) is 0 Å². The quantitative estimate of drug-likeness (QED) is 0.526. The maximum Gasteiger partial charge on any atom is -0.00780 e. The lowest BCUT2D eigenvalue weighted by Crippen LogP contribution is -2.04. The molecule has 0 saturated carbocycles. The molecule has 0 radical (unpaired) electrons. The second kappa shape index (κ2) is 2.58. The van der Waals surface area contributed by atoms with E-state index in [1.54, 1.807) is 11.8 Å². The van der Waals surface area contributed by atoms with E-state index in [4.69, 9.17) is 0 Å². The summed E-state index contributed by atoms with van der Waals surface area (Å²) in [5, 5.41) is 0. The van der Waals surface area contributed by atoms with Crippen LogP contribution in [0.3, 0.4) is 0 Å². The van der Waals surface area contributed by atoms with Crippen molar-refractivity contribution < 1.29 is 0 Å². The van der Waals surface area contributed by atoms with Gasteiger partial charge in [0.25, 0.3) is 0 Å². The summed E-state index contributed by atoms with van der Waals surface area (Å²) >= 11 is 1.74. The van der Waals surface area contributed by atoms with E-state index in [0.29, 0.717) is 0 Å². The van der Waals surface area contributed by atoms with Crippen molar-refractivity contribution in [1.82, 2.24) is 0 Å². The van der Waals surface area contributed by atoms with E-state index in [1.165, 1.54) is 4.91 Å². The summed E-state index contributed by atoms with van der Waals surface area (Å²) in [4.78, 5) is 1.25. The Morgan fingerprint density at radius 3 is 1.75 bits per heavy atom. The maximum absolute atomic E-state index is 3.91. The fourth-order valence-corrected chi connectivity index (χ4v) is 0.919.